The SMILES string of the molecule is O=C(/C=C/c1ccc(-c2ccc(F)cc2)s1)NCc1nnc2n1CCCCC2. The number of aromatic nitrogens is 3. The Morgan fingerprint density at radius 2 is 2.00 bits per heavy atom. The lowest BCUT2D eigenvalue weighted by molar-refractivity contribution is -0.116. The molecular weight excluding hydrogens is 375 g/mol. The largest absolute Gasteiger partial charge is 0.345 e. The third-order valence-electron chi connectivity index (χ3n) is 4.76. The van der Waals surface area contributed by atoms with Gasteiger partial charge in [0, 0.05) is 28.8 Å². The van der Waals surface area contributed by atoms with E-state index in [1.165, 1.54) is 24.6 Å². The van der Waals surface area contributed by atoms with Gasteiger partial charge in [0.1, 0.15) is 11.6 Å². The number of nitrogens with zero attached hydrogens (tertiary/aromatic N) is 3. The molecule has 0 bridgehead atoms. The van der Waals surface area contributed by atoms with Crippen LogP contribution in [0.3, 0.4) is 0 Å². The molecule has 4 rings (SSSR count). The second kappa shape index (κ2) is 8.48. The maximum atomic E-state index is 13.0. The van der Waals surface area contributed by atoms with Gasteiger partial charge in [-0.05, 0) is 48.7 Å². The van der Waals surface area contributed by atoms with Crippen molar-refractivity contribution >= 4 is 23.3 Å². The lowest BCUT2D eigenvalue weighted by Crippen LogP contribution is -2.23. The zero-order valence-corrected chi connectivity index (χ0v) is 16.2. The Labute approximate surface area is 166 Å². The van der Waals surface area contributed by atoms with Crippen molar-refractivity contribution in [2.24, 2.45) is 0 Å². The first-order valence-corrected chi connectivity index (χ1v) is 10.2. The van der Waals surface area contributed by atoms with Crippen molar-refractivity contribution in [3.05, 3.63) is 64.8 Å². The highest BCUT2D eigenvalue weighted by molar-refractivity contribution is 7.16. The molecule has 3 heterocycles. The third kappa shape index (κ3) is 4.36. The lowest BCUT2D eigenvalue weighted by atomic mass is 10.2. The number of thiophene rings is 1. The molecule has 3 aromatic rings. The van der Waals surface area contributed by atoms with Crippen LogP contribution in [0.4, 0.5) is 4.39 Å². The van der Waals surface area contributed by atoms with Crippen molar-refractivity contribution in [3.63, 3.8) is 0 Å². The molecule has 1 aliphatic rings. The number of carbonyl (C=O) groups excluding carboxylic acids is 1. The van der Waals surface area contributed by atoms with Gasteiger partial charge in [0.15, 0.2) is 5.82 Å². The molecule has 2 aromatic heterocycles. The fraction of sp³-hybridized carbons (Fsp3) is 0.286. The smallest absolute Gasteiger partial charge is 0.244 e. The number of benzene rings is 1. The Kier molecular flexibility index (Phi) is 5.62. The van der Waals surface area contributed by atoms with E-state index in [0.29, 0.717) is 6.54 Å². The Balaban J connectivity index is 1.35. The first kappa shape index (κ1) is 18.6. The second-order valence-electron chi connectivity index (χ2n) is 6.75. The van der Waals surface area contributed by atoms with Crippen molar-refractivity contribution in [2.75, 3.05) is 0 Å². The zero-order chi connectivity index (χ0) is 19.3. The summed E-state index contributed by atoms with van der Waals surface area (Å²) in [6, 6.07) is 10.3. The van der Waals surface area contributed by atoms with Gasteiger partial charge < -0.3 is 9.88 Å². The minimum Gasteiger partial charge on any atom is -0.345 e. The molecule has 0 atom stereocenters. The fourth-order valence-corrected chi connectivity index (χ4v) is 4.19. The van der Waals surface area contributed by atoms with Gasteiger partial charge in [-0.1, -0.05) is 18.6 Å². The van der Waals surface area contributed by atoms with Crippen LogP contribution in [-0.4, -0.2) is 20.7 Å². The number of fused-ring (bicyclic) bond motifs is 1. The van der Waals surface area contributed by atoms with Crippen LogP contribution in [0.2, 0.25) is 0 Å². The van der Waals surface area contributed by atoms with Crippen LogP contribution in [0.15, 0.2) is 42.5 Å². The standard InChI is InChI=1S/C21H21FN4OS/c22-16-7-5-15(6-8-16)18-11-9-17(28-18)10-12-21(27)23-14-20-25-24-19-4-2-1-3-13-26(19)20/h5-12H,1-4,13-14H2,(H,23,27)/b12-10+. The van der Waals surface area contributed by atoms with Crippen LogP contribution in [0.1, 0.15) is 35.8 Å². The maximum absolute atomic E-state index is 13.0. The summed E-state index contributed by atoms with van der Waals surface area (Å²) in [5, 5.41) is 11.4. The highest BCUT2D eigenvalue weighted by Crippen LogP contribution is 2.28. The molecule has 1 amide bonds. The van der Waals surface area contributed by atoms with Crippen LogP contribution in [0.5, 0.6) is 0 Å². The molecule has 0 aliphatic carbocycles. The Hall–Kier alpha value is -2.80. The summed E-state index contributed by atoms with van der Waals surface area (Å²) < 4.78 is 15.2. The van der Waals surface area contributed by atoms with Gasteiger partial charge in [-0.2, -0.15) is 0 Å². The van der Waals surface area contributed by atoms with E-state index in [2.05, 4.69) is 20.1 Å². The summed E-state index contributed by atoms with van der Waals surface area (Å²) in [5.41, 5.74) is 0.961. The molecule has 7 heteroatoms. The highest BCUT2D eigenvalue weighted by Gasteiger charge is 2.14. The number of hydrogen-bond acceptors (Lipinski definition) is 4. The Bertz CT molecular complexity index is 990. The van der Waals surface area contributed by atoms with Gasteiger partial charge in [-0.3, -0.25) is 4.79 Å². The van der Waals surface area contributed by atoms with Crippen molar-refractivity contribution in [1.29, 1.82) is 0 Å². The van der Waals surface area contributed by atoms with E-state index in [1.54, 1.807) is 29.5 Å². The third-order valence-corrected chi connectivity index (χ3v) is 5.86. The van der Waals surface area contributed by atoms with E-state index < -0.39 is 0 Å². The normalized spacial score (nSPS) is 14.0. The van der Waals surface area contributed by atoms with Gasteiger partial charge >= 0.3 is 0 Å². The number of carbonyl (C=O) groups is 1. The topological polar surface area (TPSA) is 59.8 Å². The molecule has 1 aliphatic heterocycles. The molecule has 0 saturated heterocycles. The predicted octanol–water partition coefficient (Wildman–Crippen LogP) is 4.20. The van der Waals surface area contributed by atoms with Crippen LogP contribution in [0, 0.1) is 5.82 Å². The van der Waals surface area contributed by atoms with Crippen molar-refractivity contribution in [1.82, 2.24) is 20.1 Å². The summed E-state index contributed by atoms with van der Waals surface area (Å²) in [7, 11) is 0. The molecule has 1 N–H and O–H groups in total. The van der Waals surface area contributed by atoms with E-state index in [4.69, 9.17) is 0 Å². The van der Waals surface area contributed by atoms with Crippen molar-refractivity contribution in [3.8, 4) is 10.4 Å². The number of nitrogens with one attached hydrogen (secondary N) is 1. The molecule has 28 heavy (non-hydrogen) atoms. The van der Waals surface area contributed by atoms with E-state index in [1.807, 2.05) is 12.1 Å². The van der Waals surface area contributed by atoms with Crippen LogP contribution in [0.25, 0.3) is 16.5 Å². The van der Waals surface area contributed by atoms with Crippen LogP contribution >= 0.6 is 11.3 Å². The van der Waals surface area contributed by atoms with Crippen LogP contribution < -0.4 is 5.32 Å². The predicted molar refractivity (Wildman–Crippen MR) is 108 cm³/mol. The summed E-state index contributed by atoms with van der Waals surface area (Å²) in [6.07, 6.45) is 7.75. The van der Waals surface area contributed by atoms with E-state index >= 15 is 0 Å². The number of aryl methyl sites for hydroxylation is 1. The lowest BCUT2D eigenvalue weighted by Gasteiger charge is -2.06. The molecular formula is C21H21FN4OS. The fourth-order valence-electron chi connectivity index (χ4n) is 3.27. The van der Waals surface area contributed by atoms with Gasteiger partial charge in [0.05, 0.1) is 6.54 Å². The molecule has 0 saturated carbocycles. The number of amides is 1. The number of rotatable bonds is 5. The number of halogens is 1. The average molecular weight is 396 g/mol. The minimum absolute atomic E-state index is 0.164. The summed E-state index contributed by atoms with van der Waals surface area (Å²) in [4.78, 5) is 14.2. The Morgan fingerprint density at radius 3 is 2.86 bits per heavy atom. The van der Waals surface area contributed by atoms with Gasteiger partial charge in [-0.15, -0.1) is 21.5 Å². The quantitative estimate of drug-likeness (QED) is 0.658. The molecule has 144 valence electrons. The minimum atomic E-state index is -0.248. The second-order valence-corrected chi connectivity index (χ2v) is 7.87. The first-order valence-electron chi connectivity index (χ1n) is 9.42. The van der Waals surface area contributed by atoms with Crippen molar-refractivity contribution in [2.45, 2.75) is 38.8 Å². The number of hydrogen-bond donors (Lipinski definition) is 1. The molecule has 0 unspecified atom stereocenters. The zero-order valence-electron chi connectivity index (χ0n) is 15.4. The first-order chi connectivity index (χ1) is 13.7. The van der Waals surface area contributed by atoms with E-state index in [9.17, 15) is 9.18 Å². The molecule has 0 fully saturated rings. The van der Waals surface area contributed by atoms with Crippen LogP contribution in [-0.2, 0) is 24.3 Å². The summed E-state index contributed by atoms with van der Waals surface area (Å²) >= 11 is 1.55. The van der Waals surface area contributed by atoms with E-state index in [-0.39, 0.29) is 11.7 Å². The monoisotopic (exact) mass is 396 g/mol. The summed E-state index contributed by atoms with van der Waals surface area (Å²) in [6.45, 7) is 1.30. The molecule has 1 aromatic carbocycles. The van der Waals surface area contributed by atoms with Gasteiger partial charge in [-0.25, -0.2) is 4.39 Å². The highest BCUT2D eigenvalue weighted by atomic mass is 32.1. The summed E-state index contributed by atoms with van der Waals surface area (Å²) in [5.74, 6) is 1.42. The van der Waals surface area contributed by atoms with Gasteiger partial charge in [0.25, 0.3) is 0 Å². The van der Waals surface area contributed by atoms with Gasteiger partial charge in [0.2, 0.25) is 5.91 Å². The maximum Gasteiger partial charge on any atom is 0.244 e. The average Bonchev–Trinajstić information content (AvgIpc) is 3.26. The Morgan fingerprint density at radius 1 is 1.14 bits per heavy atom. The molecule has 0 radical (unpaired) electrons. The molecule has 0 spiro atoms. The molecule has 5 nitrogen and oxygen atoms in total. The van der Waals surface area contributed by atoms with Crippen molar-refractivity contribution < 1.29 is 9.18 Å². The van der Waals surface area contributed by atoms with E-state index in [0.717, 1.165) is 52.8 Å².